The van der Waals surface area contributed by atoms with Crippen LogP contribution in [0.25, 0.3) is 0 Å². The lowest BCUT2D eigenvalue weighted by Gasteiger charge is -2.33. The van der Waals surface area contributed by atoms with Crippen LogP contribution in [-0.4, -0.2) is 30.3 Å². The number of nitrogens with zero attached hydrogens (tertiary/aromatic N) is 2. The highest BCUT2D eigenvalue weighted by molar-refractivity contribution is 7.88. The van der Waals surface area contributed by atoms with Gasteiger partial charge < -0.3 is 4.74 Å². The topological polar surface area (TPSA) is 90.3 Å². The van der Waals surface area contributed by atoms with E-state index in [2.05, 4.69) is 9.71 Å². The maximum atomic E-state index is 13.4. The largest absolute Gasteiger partial charge is 0.489 e. The van der Waals surface area contributed by atoms with E-state index in [0.717, 1.165) is 28.8 Å². The molecule has 180 valence electrons. The fourth-order valence-electron chi connectivity index (χ4n) is 4.57. The van der Waals surface area contributed by atoms with Gasteiger partial charge >= 0.3 is 0 Å². The molecule has 2 unspecified atom stereocenters. The van der Waals surface area contributed by atoms with Crippen molar-refractivity contribution >= 4 is 10.0 Å². The Hall–Kier alpha value is -2.97. The molecule has 0 fully saturated rings. The highest BCUT2D eigenvalue weighted by Crippen LogP contribution is 2.33. The van der Waals surface area contributed by atoms with Gasteiger partial charge in [0.15, 0.2) is 0 Å². The zero-order valence-electron chi connectivity index (χ0n) is 19.8. The van der Waals surface area contributed by atoms with E-state index in [1.54, 1.807) is 10.9 Å². The summed E-state index contributed by atoms with van der Waals surface area (Å²) < 4.78 is 34.6. The van der Waals surface area contributed by atoms with Crippen LogP contribution in [0.4, 0.5) is 0 Å². The van der Waals surface area contributed by atoms with Crippen molar-refractivity contribution in [1.82, 2.24) is 14.3 Å². The second-order valence-electron chi connectivity index (χ2n) is 9.18. The van der Waals surface area contributed by atoms with Gasteiger partial charge in [0.1, 0.15) is 12.4 Å². The fourth-order valence-corrected chi connectivity index (χ4v) is 5.40. The number of nitrogens with one attached hydrogen (secondary N) is 1. The minimum absolute atomic E-state index is 0.0380. The van der Waals surface area contributed by atoms with Gasteiger partial charge in [-0.25, -0.2) is 18.1 Å². The molecular weight excluding hydrogens is 450 g/mol. The van der Waals surface area contributed by atoms with Gasteiger partial charge in [0.2, 0.25) is 10.0 Å². The molecule has 0 saturated heterocycles. The van der Waals surface area contributed by atoms with E-state index in [4.69, 9.17) is 4.74 Å². The van der Waals surface area contributed by atoms with Crippen molar-refractivity contribution in [2.24, 2.45) is 0 Å². The Morgan fingerprint density at radius 3 is 2.56 bits per heavy atom. The predicted molar refractivity (Wildman–Crippen MR) is 133 cm³/mol. The number of fused-ring (bicyclic) bond motifs is 1. The van der Waals surface area contributed by atoms with E-state index in [9.17, 15) is 13.2 Å². The molecule has 1 N–H and O–H groups in total. The first-order valence-corrected chi connectivity index (χ1v) is 13.4. The maximum Gasteiger partial charge on any atom is 0.257 e. The highest BCUT2D eigenvalue weighted by Gasteiger charge is 2.35. The van der Waals surface area contributed by atoms with Gasteiger partial charge in [-0.05, 0) is 56.4 Å². The average Bonchev–Trinajstić information content (AvgIpc) is 2.79. The first kappa shape index (κ1) is 24.2. The van der Waals surface area contributed by atoms with E-state index < -0.39 is 10.0 Å². The summed E-state index contributed by atoms with van der Waals surface area (Å²) in [6.07, 6.45) is 4.42. The van der Waals surface area contributed by atoms with Gasteiger partial charge in [-0.15, -0.1) is 0 Å². The zero-order chi connectivity index (χ0) is 24.3. The smallest absolute Gasteiger partial charge is 0.257 e. The van der Waals surface area contributed by atoms with Crippen LogP contribution in [0.5, 0.6) is 5.75 Å². The molecule has 4 rings (SSSR count). The lowest BCUT2D eigenvalue weighted by atomic mass is 9.79. The van der Waals surface area contributed by atoms with Crippen LogP contribution < -0.4 is 15.0 Å². The van der Waals surface area contributed by atoms with Crippen LogP contribution in [0.1, 0.15) is 54.6 Å². The summed E-state index contributed by atoms with van der Waals surface area (Å²) in [5.74, 6) is 0.407. The lowest BCUT2D eigenvalue weighted by molar-refractivity contribution is 0.305. The molecule has 0 amide bonds. The monoisotopic (exact) mass is 481 g/mol. The van der Waals surface area contributed by atoms with Crippen molar-refractivity contribution in [2.75, 3.05) is 6.26 Å². The van der Waals surface area contributed by atoms with E-state index in [0.29, 0.717) is 31.4 Å². The molecule has 2 atom stereocenters. The summed E-state index contributed by atoms with van der Waals surface area (Å²) in [6, 6.07) is 17.3. The first-order chi connectivity index (χ1) is 16.2. The Kier molecular flexibility index (Phi) is 7.19. The van der Waals surface area contributed by atoms with Crippen LogP contribution in [0, 0.1) is 0 Å². The van der Waals surface area contributed by atoms with Crippen LogP contribution >= 0.6 is 0 Å². The Morgan fingerprint density at radius 2 is 1.85 bits per heavy atom. The molecule has 34 heavy (non-hydrogen) atoms. The number of aryl methyl sites for hydroxylation is 1. The molecule has 0 spiro atoms. The standard InChI is InChI=1S/C26H31N3O4S/c1-18(2)29-17-27-24-13-12-23(28-34(3,31)32)22(25(24)26(29)30)15-20-10-7-11-21(14-20)33-16-19-8-5-4-6-9-19/h4-11,14,17-18,22-23,28H,12-13,15-16H2,1-3H3. The van der Waals surface area contributed by atoms with E-state index in [1.807, 2.05) is 68.4 Å². The Labute approximate surface area is 200 Å². The Bertz CT molecular complexity index is 1300. The van der Waals surface area contributed by atoms with Gasteiger partial charge in [-0.2, -0.15) is 0 Å². The summed E-state index contributed by atoms with van der Waals surface area (Å²) in [6.45, 7) is 4.33. The van der Waals surface area contributed by atoms with Crippen molar-refractivity contribution in [2.45, 2.75) is 57.7 Å². The summed E-state index contributed by atoms with van der Waals surface area (Å²) in [7, 11) is -3.44. The van der Waals surface area contributed by atoms with Crippen LogP contribution in [-0.2, 0) is 29.5 Å². The summed E-state index contributed by atoms with van der Waals surface area (Å²) in [5, 5.41) is 0. The molecule has 1 aromatic heterocycles. The third-order valence-electron chi connectivity index (χ3n) is 6.19. The van der Waals surface area contributed by atoms with Crippen molar-refractivity contribution in [1.29, 1.82) is 0 Å². The molecule has 2 aromatic carbocycles. The summed E-state index contributed by atoms with van der Waals surface area (Å²) in [4.78, 5) is 18.0. The molecule has 1 aliphatic rings. The van der Waals surface area contributed by atoms with E-state index in [1.165, 1.54) is 0 Å². The minimum Gasteiger partial charge on any atom is -0.489 e. The summed E-state index contributed by atoms with van der Waals surface area (Å²) >= 11 is 0. The van der Waals surface area contributed by atoms with Crippen molar-refractivity contribution in [3.63, 3.8) is 0 Å². The Balaban J connectivity index is 1.65. The number of aromatic nitrogens is 2. The average molecular weight is 482 g/mol. The zero-order valence-corrected chi connectivity index (χ0v) is 20.6. The molecule has 0 radical (unpaired) electrons. The third kappa shape index (κ3) is 5.74. The predicted octanol–water partition coefficient (Wildman–Crippen LogP) is 3.59. The SMILES string of the molecule is CC(C)n1cnc2c(c1=O)C(Cc1cccc(OCc3ccccc3)c1)C(NS(C)(=O)=O)CC2. The second kappa shape index (κ2) is 10.1. The number of hydrogen-bond acceptors (Lipinski definition) is 5. The molecule has 7 nitrogen and oxygen atoms in total. The quantitative estimate of drug-likeness (QED) is 0.531. The number of ether oxygens (including phenoxy) is 1. The molecular formula is C26H31N3O4S. The fraction of sp³-hybridized carbons (Fsp3) is 0.385. The van der Waals surface area contributed by atoms with Gasteiger partial charge in [-0.1, -0.05) is 42.5 Å². The first-order valence-electron chi connectivity index (χ1n) is 11.5. The van der Waals surface area contributed by atoms with Gasteiger partial charge in [-0.3, -0.25) is 9.36 Å². The second-order valence-corrected chi connectivity index (χ2v) is 11.0. The van der Waals surface area contributed by atoms with Crippen LogP contribution in [0.2, 0.25) is 0 Å². The number of sulfonamides is 1. The third-order valence-corrected chi connectivity index (χ3v) is 6.92. The number of rotatable bonds is 8. The Morgan fingerprint density at radius 1 is 1.12 bits per heavy atom. The van der Waals surface area contributed by atoms with E-state index in [-0.39, 0.29) is 23.6 Å². The maximum absolute atomic E-state index is 13.4. The number of benzene rings is 2. The van der Waals surface area contributed by atoms with Crippen molar-refractivity contribution in [3.05, 3.63) is 93.7 Å². The van der Waals surface area contributed by atoms with Gasteiger partial charge in [0.05, 0.1) is 18.3 Å². The van der Waals surface area contributed by atoms with Crippen molar-refractivity contribution < 1.29 is 13.2 Å². The molecule has 0 aliphatic heterocycles. The molecule has 1 aliphatic carbocycles. The van der Waals surface area contributed by atoms with Crippen LogP contribution in [0.15, 0.2) is 65.7 Å². The number of hydrogen-bond donors (Lipinski definition) is 1. The molecule has 8 heteroatoms. The van der Waals surface area contributed by atoms with Crippen molar-refractivity contribution in [3.8, 4) is 5.75 Å². The minimum atomic E-state index is -3.44. The van der Waals surface area contributed by atoms with E-state index >= 15 is 0 Å². The lowest BCUT2D eigenvalue weighted by Crippen LogP contribution is -2.45. The van der Waals surface area contributed by atoms with Crippen LogP contribution in [0.3, 0.4) is 0 Å². The highest BCUT2D eigenvalue weighted by atomic mass is 32.2. The molecule has 0 bridgehead atoms. The molecule has 1 heterocycles. The molecule has 0 saturated carbocycles. The molecule has 3 aromatic rings. The van der Waals surface area contributed by atoms with Gasteiger partial charge in [0, 0.05) is 23.6 Å². The normalized spacial score (nSPS) is 18.0. The summed E-state index contributed by atoms with van der Waals surface area (Å²) in [5.41, 5.74) is 3.32. The van der Waals surface area contributed by atoms with Gasteiger partial charge in [0.25, 0.3) is 5.56 Å².